The molecule has 0 aliphatic carbocycles. The number of allylic oxidation sites excluding steroid dienone is 1. The largest absolute Gasteiger partial charge is 0.496 e. The molecule has 0 saturated carbocycles. The van der Waals surface area contributed by atoms with Crippen molar-refractivity contribution in [3.63, 3.8) is 0 Å². The number of nitrogens with zero attached hydrogens (tertiary/aromatic N) is 4. The van der Waals surface area contributed by atoms with Gasteiger partial charge in [-0.3, -0.25) is 9.36 Å². The smallest absolute Gasteiger partial charge is 0.433 e. The number of benzene rings is 2. The summed E-state index contributed by atoms with van der Waals surface area (Å²) >= 11 is 2.16. The SMILES string of the molecule is COC(=O)C1=C(C)N=c2sc(=Cc3ccc(OC)c(CSc4nc(C(F)(F)F)cc(C)c4C#N)c3)c(=O)n2C1c1ccccc1. The first-order valence-corrected chi connectivity index (χ1v) is 15.2. The third-order valence-electron chi connectivity index (χ3n) is 7.09. The van der Waals surface area contributed by atoms with Gasteiger partial charge in [-0.25, -0.2) is 14.8 Å². The molecule has 0 radical (unpaired) electrons. The maximum absolute atomic E-state index is 13.8. The van der Waals surface area contributed by atoms with E-state index < -0.39 is 23.9 Å². The van der Waals surface area contributed by atoms with E-state index in [2.05, 4.69) is 9.98 Å². The summed E-state index contributed by atoms with van der Waals surface area (Å²) in [6.07, 6.45) is -2.98. The summed E-state index contributed by atoms with van der Waals surface area (Å²) in [4.78, 5) is 35.4. The molecular formula is C32H25F3N4O4S2. The first-order valence-electron chi connectivity index (χ1n) is 13.4. The maximum atomic E-state index is 13.8. The molecule has 5 rings (SSSR count). The molecule has 0 saturated heterocycles. The van der Waals surface area contributed by atoms with E-state index in [1.165, 1.54) is 37.0 Å². The number of pyridine rings is 1. The second-order valence-electron chi connectivity index (χ2n) is 9.96. The number of carbonyl (C=O) groups excluding carboxylic acids is 1. The van der Waals surface area contributed by atoms with Crippen molar-refractivity contribution in [2.45, 2.75) is 36.8 Å². The number of aromatic nitrogens is 2. The zero-order valence-corrected chi connectivity index (χ0v) is 26.1. The summed E-state index contributed by atoms with van der Waals surface area (Å²) in [6, 6.07) is 16.4. The molecule has 0 spiro atoms. The van der Waals surface area contributed by atoms with Crippen LogP contribution in [0.25, 0.3) is 6.08 Å². The van der Waals surface area contributed by atoms with Crippen LogP contribution in [0.2, 0.25) is 0 Å². The summed E-state index contributed by atoms with van der Waals surface area (Å²) in [7, 11) is 2.75. The first-order chi connectivity index (χ1) is 21.5. The molecule has 1 unspecified atom stereocenters. The van der Waals surface area contributed by atoms with Crippen LogP contribution in [-0.4, -0.2) is 29.7 Å². The summed E-state index contributed by atoms with van der Waals surface area (Å²) in [5.74, 6) is 0.0388. The maximum Gasteiger partial charge on any atom is 0.433 e. The summed E-state index contributed by atoms with van der Waals surface area (Å²) in [5.41, 5.74) is 1.51. The van der Waals surface area contributed by atoms with Crippen LogP contribution in [0, 0.1) is 18.3 Å². The fourth-order valence-corrected chi connectivity index (χ4v) is 7.05. The van der Waals surface area contributed by atoms with E-state index in [9.17, 15) is 28.0 Å². The van der Waals surface area contributed by atoms with Gasteiger partial charge in [0.15, 0.2) is 4.80 Å². The van der Waals surface area contributed by atoms with Crippen molar-refractivity contribution in [2.75, 3.05) is 14.2 Å². The van der Waals surface area contributed by atoms with Crippen molar-refractivity contribution in [3.05, 3.63) is 119 Å². The zero-order valence-electron chi connectivity index (χ0n) is 24.4. The van der Waals surface area contributed by atoms with Crippen molar-refractivity contribution in [2.24, 2.45) is 4.99 Å². The van der Waals surface area contributed by atoms with Crippen molar-refractivity contribution >= 4 is 35.1 Å². The minimum atomic E-state index is -4.66. The number of aryl methyl sites for hydroxylation is 1. The van der Waals surface area contributed by atoms with Crippen molar-refractivity contribution in [3.8, 4) is 11.8 Å². The summed E-state index contributed by atoms with van der Waals surface area (Å²) < 4.78 is 52.6. The van der Waals surface area contributed by atoms with E-state index in [1.807, 2.05) is 36.4 Å². The minimum Gasteiger partial charge on any atom is -0.496 e. The molecule has 8 nitrogen and oxygen atoms in total. The molecule has 1 aliphatic rings. The van der Waals surface area contributed by atoms with Gasteiger partial charge in [0.05, 0.1) is 41.6 Å². The Kier molecular flexibility index (Phi) is 8.99. The second kappa shape index (κ2) is 12.7. The normalized spacial score (nSPS) is 14.9. The van der Waals surface area contributed by atoms with Crippen LogP contribution in [0.15, 0.2) is 80.7 Å². The predicted octanol–water partition coefficient (Wildman–Crippen LogP) is 5.30. The van der Waals surface area contributed by atoms with Crippen LogP contribution in [0.1, 0.15) is 46.5 Å². The van der Waals surface area contributed by atoms with Gasteiger partial charge in [-0.2, -0.15) is 18.4 Å². The Morgan fingerprint density at radius 3 is 2.53 bits per heavy atom. The molecule has 230 valence electrons. The Morgan fingerprint density at radius 2 is 1.89 bits per heavy atom. The number of esters is 1. The van der Waals surface area contributed by atoms with Crippen LogP contribution >= 0.6 is 23.1 Å². The number of thiazole rings is 1. The number of halogens is 3. The standard InChI is InChI=1S/C32H25F3N4O4S2/c1-17-12-25(32(33,34)35)38-28(22(17)15-36)44-16-21-13-19(10-11-23(21)42-3)14-24-29(40)39-27(20-8-6-5-7-9-20)26(30(41)43-4)18(2)37-31(39)45-24/h5-14,27H,16H2,1-4H3. The van der Waals surface area contributed by atoms with Gasteiger partial charge in [0, 0.05) is 11.3 Å². The zero-order chi connectivity index (χ0) is 32.5. The van der Waals surface area contributed by atoms with E-state index >= 15 is 0 Å². The van der Waals surface area contributed by atoms with Crippen molar-refractivity contribution in [1.29, 1.82) is 5.26 Å². The van der Waals surface area contributed by atoms with E-state index in [4.69, 9.17) is 9.47 Å². The fraction of sp³-hybridized carbons (Fsp3) is 0.219. The molecule has 13 heteroatoms. The quantitative estimate of drug-likeness (QED) is 0.197. The van der Waals surface area contributed by atoms with Gasteiger partial charge in [0.2, 0.25) is 0 Å². The van der Waals surface area contributed by atoms with Crippen LogP contribution in [0.3, 0.4) is 0 Å². The van der Waals surface area contributed by atoms with Gasteiger partial charge in [-0.15, -0.1) is 11.8 Å². The highest BCUT2D eigenvalue weighted by molar-refractivity contribution is 7.98. The van der Waals surface area contributed by atoms with Crippen LogP contribution in [0.4, 0.5) is 13.2 Å². The van der Waals surface area contributed by atoms with Crippen LogP contribution < -0.4 is 19.6 Å². The molecule has 0 N–H and O–H groups in total. The highest BCUT2D eigenvalue weighted by Crippen LogP contribution is 2.35. The van der Waals surface area contributed by atoms with E-state index in [0.717, 1.165) is 23.4 Å². The van der Waals surface area contributed by atoms with Crippen molar-refractivity contribution in [1.82, 2.24) is 9.55 Å². The number of carbonyl (C=O) groups is 1. The summed E-state index contributed by atoms with van der Waals surface area (Å²) in [6.45, 7) is 3.14. The number of hydrogen-bond acceptors (Lipinski definition) is 9. The molecule has 4 aromatic rings. The number of nitriles is 1. The molecule has 2 aromatic carbocycles. The Bertz CT molecular complexity index is 2060. The molecule has 1 atom stereocenters. The van der Waals surface area contributed by atoms with Gasteiger partial charge in [0.25, 0.3) is 5.56 Å². The Balaban J connectivity index is 1.56. The lowest BCUT2D eigenvalue weighted by Crippen LogP contribution is -2.39. The van der Waals surface area contributed by atoms with Crippen LogP contribution in [0.5, 0.6) is 5.75 Å². The predicted molar refractivity (Wildman–Crippen MR) is 163 cm³/mol. The lowest BCUT2D eigenvalue weighted by molar-refractivity contribution is -0.141. The molecule has 3 heterocycles. The first kappa shape index (κ1) is 31.7. The number of hydrogen-bond donors (Lipinski definition) is 0. The molecule has 2 aromatic heterocycles. The van der Waals surface area contributed by atoms with Gasteiger partial charge < -0.3 is 9.47 Å². The number of alkyl halides is 3. The third kappa shape index (κ3) is 6.29. The fourth-order valence-electron chi connectivity index (χ4n) is 4.97. The number of rotatable bonds is 7. The number of ether oxygens (including phenoxy) is 2. The number of thioether (sulfide) groups is 1. The van der Waals surface area contributed by atoms with Crippen molar-refractivity contribution < 1.29 is 27.4 Å². The molecule has 0 fully saturated rings. The average Bonchev–Trinajstić information content (AvgIpc) is 3.32. The summed E-state index contributed by atoms with van der Waals surface area (Å²) in [5, 5.41) is 9.54. The monoisotopic (exact) mass is 650 g/mol. The van der Waals surface area contributed by atoms with E-state index in [-0.39, 0.29) is 33.0 Å². The Labute approximate surface area is 263 Å². The van der Waals surface area contributed by atoms with Gasteiger partial charge in [-0.05, 0) is 54.8 Å². The van der Waals surface area contributed by atoms with E-state index in [0.29, 0.717) is 31.9 Å². The Hall–Kier alpha value is -4.67. The molecule has 0 amide bonds. The number of fused-ring (bicyclic) bond motifs is 1. The van der Waals surface area contributed by atoms with Gasteiger partial charge in [-0.1, -0.05) is 47.7 Å². The lowest BCUT2D eigenvalue weighted by atomic mass is 9.96. The van der Waals surface area contributed by atoms with Gasteiger partial charge in [0.1, 0.15) is 22.5 Å². The molecule has 1 aliphatic heterocycles. The highest BCUT2D eigenvalue weighted by Gasteiger charge is 2.34. The topological polar surface area (TPSA) is 107 Å². The highest BCUT2D eigenvalue weighted by atomic mass is 32.2. The minimum absolute atomic E-state index is 0.0386. The molecule has 45 heavy (non-hydrogen) atoms. The van der Waals surface area contributed by atoms with Gasteiger partial charge >= 0.3 is 12.1 Å². The number of methoxy groups -OCH3 is 2. The average molecular weight is 651 g/mol. The van der Waals surface area contributed by atoms with Crippen LogP contribution in [-0.2, 0) is 21.5 Å². The van der Waals surface area contributed by atoms with E-state index in [1.54, 1.807) is 31.2 Å². The molecule has 0 bridgehead atoms. The lowest BCUT2D eigenvalue weighted by Gasteiger charge is -2.24. The third-order valence-corrected chi connectivity index (χ3v) is 9.10. The Morgan fingerprint density at radius 1 is 1.16 bits per heavy atom. The molecular weight excluding hydrogens is 626 g/mol. The second-order valence-corrected chi connectivity index (χ2v) is 11.9.